The third-order valence-electron chi connectivity index (χ3n) is 5.37. The second kappa shape index (κ2) is 7.95. The van der Waals surface area contributed by atoms with E-state index in [1.54, 1.807) is 17.0 Å². The van der Waals surface area contributed by atoms with Crippen molar-refractivity contribution in [1.29, 1.82) is 0 Å². The van der Waals surface area contributed by atoms with Crippen LogP contribution in [0.5, 0.6) is 0 Å². The van der Waals surface area contributed by atoms with E-state index in [-0.39, 0.29) is 24.2 Å². The van der Waals surface area contributed by atoms with E-state index in [0.29, 0.717) is 24.9 Å². The van der Waals surface area contributed by atoms with Crippen molar-refractivity contribution in [2.75, 3.05) is 20.1 Å². The number of carbonyl (C=O) groups excluding carboxylic acids is 2. The molecular formula is C19H26FN3O2. The van der Waals surface area contributed by atoms with Gasteiger partial charge in [0, 0.05) is 19.0 Å². The summed E-state index contributed by atoms with van der Waals surface area (Å²) in [4.78, 5) is 26.6. The highest BCUT2D eigenvalue weighted by molar-refractivity contribution is 5.95. The predicted octanol–water partition coefficient (Wildman–Crippen LogP) is 1.47. The molecule has 2 amide bonds. The molecule has 0 spiro atoms. The first kappa shape index (κ1) is 17.9. The van der Waals surface area contributed by atoms with Crippen molar-refractivity contribution in [2.45, 2.75) is 44.2 Å². The normalized spacial score (nSPS) is 27.3. The first-order valence-electron chi connectivity index (χ1n) is 9.06. The van der Waals surface area contributed by atoms with E-state index in [9.17, 15) is 14.0 Å². The molecule has 2 N–H and O–H groups in total. The van der Waals surface area contributed by atoms with Crippen LogP contribution in [0.3, 0.4) is 0 Å². The topological polar surface area (TPSA) is 61.4 Å². The van der Waals surface area contributed by atoms with E-state index >= 15 is 0 Å². The predicted molar refractivity (Wildman–Crippen MR) is 93.4 cm³/mol. The molecule has 25 heavy (non-hydrogen) atoms. The van der Waals surface area contributed by atoms with Gasteiger partial charge in [0.2, 0.25) is 11.8 Å². The van der Waals surface area contributed by atoms with Crippen molar-refractivity contribution in [3.63, 3.8) is 0 Å². The molecule has 1 aromatic rings. The van der Waals surface area contributed by atoms with E-state index in [4.69, 9.17) is 0 Å². The van der Waals surface area contributed by atoms with Gasteiger partial charge in [0.25, 0.3) is 0 Å². The molecule has 0 aromatic heterocycles. The molecule has 0 radical (unpaired) electrons. The lowest BCUT2D eigenvalue weighted by atomic mass is 9.84. The van der Waals surface area contributed by atoms with Gasteiger partial charge in [0.15, 0.2) is 0 Å². The van der Waals surface area contributed by atoms with Gasteiger partial charge in [0.05, 0.1) is 6.54 Å². The van der Waals surface area contributed by atoms with Crippen molar-refractivity contribution < 1.29 is 14.0 Å². The van der Waals surface area contributed by atoms with Gasteiger partial charge < -0.3 is 15.5 Å². The minimum absolute atomic E-state index is 0.0376. The Balaban J connectivity index is 1.66. The Morgan fingerprint density at radius 3 is 2.64 bits per heavy atom. The van der Waals surface area contributed by atoms with E-state index in [1.165, 1.54) is 25.0 Å². The number of benzene rings is 1. The molecular weight excluding hydrogens is 321 g/mol. The Bertz CT molecular complexity index is 620. The smallest absolute Gasteiger partial charge is 0.245 e. The molecule has 1 aromatic carbocycles. The fraction of sp³-hybridized carbons (Fsp3) is 0.579. The number of carbonyl (C=O) groups is 2. The second-order valence-corrected chi connectivity index (χ2v) is 7.11. The molecule has 1 aliphatic carbocycles. The van der Waals surface area contributed by atoms with Gasteiger partial charge in [-0.3, -0.25) is 9.59 Å². The zero-order valence-corrected chi connectivity index (χ0v) is 14.6. The van der Waals surface area contributed by atoms with Crippen LogP contribution < -0.4 is 10.6 Å². The number of hydrogen-bond acceptors (Lipinski definition) is 3. The summed E-state index contributed by atoms with van der Waals surface area (Å²) in [5, 5.41) is 6.13. The largest absolute Gasteiger partial charge is 0.342 e. The quantitative estimate of drug-likeness (QED) is 0.848. The molecule has 2 fully saturated rings. The summed E-state index contributed by atoms with van der Waals surface area (Å²) in [6, 6.07) is 5.91. The Hall–Kier alpha value is -1.95. The maximum Gasteiger partial charge on any atom is 0.245 e. The number of piperazine rings is 1. The molecule has 1 heterocycles. The maximum absolute atomic E-state index is 13.0. The summed E-state index contributed by atoms with van der Waals surface area (Å²) in [6.45, 7) is 0.753. The van der Waals surface area contributed by atoms with Crippen LogP contribution in [-0.2, 0) is 16.0 Å². The Labute approximate surface area is 148 Å². The van der Waals surface area contributed by atoms with Crippen molar-refractivity contribution >= 4 is 11.8 Å². The van der Waals surface area contributed by atoms with Gasteiger partial charge in [-0.2, -0.15) is 0 Å². The van der Waals surface area contributed by atoms with Crippen LogP contribution in [-0.4, -0.2) is 48.9 Å². The lowest BCUT2D eigenvalue weighted by molar-refractivity contribution is -0.145. The number of halogens is 1. The molecule has 2 aliphatic rings. The fourth-order valence-electron chi connectivity index (χ4n) is 4.01. The SMILES string of the molecule is CN[C@@H]1CCCC[C@H]1CN1CC(=O)N[C@@H](Cc2ccc(F)cc2)C1=O. The highest BCUT2D eigenvalue weighted by Gasteiger charge is 2.35. The van der Waals surface area contributed by atoms with Gasteiger partial charge in [-0.15, -0.1) is 0 Å². The van der Waals surface area contributed by atoms with Gasteiger partial charge >= 0.3 is 0 Å². The molecule has 0 unspecified atom stereocenters. The first-order valence-corrected chi connectivity index (χ1v) is 9.06. The van der Waals surface area contributed by atoms with E-state index in [1.807, 2.05) is 7.05 Å². The third kappa shape index (κ3) is 4.37. The monoisotopic (exact) mass is 347 g/mol. The number of hydrogen-bond donors (Lipinski definition) is 2. The maximum atomic E-state index is 13.0. The standard InChI is InChI=1S/C19H26FN3O2/c1-21-16-5-3-2-4-14(16)11-23-12-18(24)22-17(19(23)25)10-13-6-8-15(20)9-7-13/h6-9,14,16-17,21H,2-5,10-12H2,1H3,(H,22,24)/t14-,16+,17-/m0/s1. The van der Waals surface area contributed by atoms with Crippen molar-refractivity contribution in [1.82, 2.24) is 15.5 Å². The van der Waals surface area contributed by atoms with Crippen LogP contribution in [0.1, 0.15) is 31.2 Å². The van der Waals surface area contributed by atoms with Crippen molar-refractivity contribution in [2.24, 2.45) is 5.92 Å². The minimum atomic E-state index is -0.566. The van der Waals surface area contributed by atoms with Gasteiger partial charge in [0.1, 0.15) is 11.9 Å². The van der Waals surface area contributed by atoms with Crippen LogP contribution in [0.15, 0.2) is 24.3 Å². The summed E-state index contributed by atoms with van der Waals surface area (Å²) >= 11 is 0. The zero-order chi connectivity index (χ0) is 17.8. The number of nitrogens with zero attached hydrogens (tertiary/aromatic N) is 1. The molecule has 0 bridgehead atoms. The average molecular weight is 347 g/mol. The second-order valence-electron chi connectivity index (χ2n) is 7.11. The zero-order valence-electron chi connectivity index (χ0n) is 14.6. The summed E-state index contributed by atoms with van der Waals surface area (Å²) in [5.41, 5.74) is 0.840. The fourth-order valence-corrected chi connectivity index (χ4v) is 4.01. The number of amides is 2. The number of rotatable bonds is 5. The summed E-state index contributed by atoms with van der Waals surface area (Å²) < 4.78 is 13.0. The van der Waals surface area contributed by atoms with E-state index < -0.39 is 6.04 Å². The van der Waals surface area contributed by atoms with Crippen LogP contribution in [0.4, 0.5) is 4.39 Å². The van der Waals surface area contributed by atoms with Crippen LogP contribution in [0.25, 0.3) is 0 Å². The minimum Gasteiger partial charge on any atom is -0.342 e. The Morgan fingerprint density at radius 1 is 1.20 bits per heavy atom. The van der Waals surface area contributed by atoms with Crippen LogP contribution in [0, 0.1) is 11.7 Å². The number of nitrogens with one attached hydrogen (secondary N) is 2. The average Bonchev–Trinajstić information content (AvgIpc) is 2.61. The van der Waals surface area contributed by atoms with Gasteiger partial charge in [-0.25, -0.2) is 4.39 Å². The highest BCUT2D eigenvalue weighted by atomic mass is 19.1. The molecule has 5 nitrogen and oxygen atoms in total. The first-order chi connectivity index (χ1) is 12.1. The van der Waals surface area contributed by atoms with E-state index in [2.05, 4.69) is 10.6 Å². The molecule has 1 aliphatic heterocycles. The van der Waals surface area contributed by atoms with Gasteiger partial charge in [-0.1, -0.05) is 25.0 Å². The van der Waals surface area contributed by atoms with Crippen LogP contribution in [0.2, 0.25) is 0 Å². The molecule has 6 heteroatoms. The molecule has 1 saturated carbocycles. The third-order valence-corrected chi connectivity index (χ3v) is 5.37. The molecule has 136 valence electrons. The Kier molecular flexibility index (Phi) is 5.68. The van der Waals surface area contributed by atoms with Crippen LogP contribution >= 0.6 is 0 Å². The molecule has 1 saturated heterocycles. The molecule has 3 atom stereocenters. The molecule has 3 rings (SSSR count). The van der Waals surface area contributed by atoms with Gasteiger partial charge in [-0.05, 0) is 43.5 Å². The summed E-state index contributed by atoms with van der Waals surface area (Å²) in [6.07, 6.45) is 4.98. The summed E-state index contributed by atoms with van der Waals surface area (Å²) in [5.74, 6) is -0.0762. The van der Waals surface area contributed by atoms with Crippen molar-refractivity contribution in [3.8, 4) is 0 Å². The van der Waals surface area contributed by atoms with E-state index in [0.717, 1.165) is 18.4 Å². The summed E-state index contributed by atoms with van der Waals surface area (Å²) in [7, 11) is 1.96. The van der Waals surface area contributed by atoms with Crippen molar-refractivity contribution in [3.05, 3.63) is 35.6 Å². The lowest BCUT2D eigenvalue weighted by Gasteiger charge is -2.38. The Morgan fingerprint density at radius 2 is 1.92 bits per heavy atom. The highest BCUT2D eigenvalue weighted by Crippen LogP contribution is 2.26. The lowest BCUT2D eigenvalue weighted by Crippen LogP contribution is -2.60.